The third-order valence-electron chi connectivity index (χ3n) is 3.20. The van der Waals surface area contributed by atoms with Crippen molar-refractivity contribution in [3.8, 4) is 0 Å². The van der Waals surface area contributed by atoms with E-state index in [9.17, 15) is 0 Å². The molecule has 0 saturated carbocycles. The summed E-state index contributed by atoms with van der Waals surface area (Å²) in [6.07, 6.45) is 0.893. The highest BCUT2D eigenvalue weighted by Crippen LogP contribution is 2.10. The number of aliphatic imine (C=N–C) groups is 1. The average molecular weight is 317 g/mol. The lowest BCUT2D eigenvalue weighted by Crippen LogP contribution is -2.38. The molecule has 0 fully saturated rings. The molecule has 0 atom stereocenters. The standard InChI is InChI=1S/C17H21ClN4/c1-13-5-3-8-16(22-13)12-21-17(19-2)20-10-9-14-6-4-7-15(18)11-14/h3-8,11H,9-10,12H2,1-2H3,(H2,19,20,21). The van der Waals surface area contributed by atoms with Crippen molar-refractivity contribution in [2.24, 2.45) is 4.99 Å². The van der Waals surface area contributed by atoms with Crippen molar-refractivity contribution in [3.63, 3.8) is 0 Å². The quantitative estimate of drug-likeness (QED) is 0.658. The Morgan fingerprint density at radius 3 is 2.73 bits per heavy atom. The van der Waals surface area contributed by atoms with Gasteiger partial charge in [0.1, 0.15) is 0 Å². The largest absolute Gasteiger partial charge is 0.356 e. The van der Waals surface area contributed by atoms with E-state index >= 15 is 0 Å². The van der Waals surface area contributed by atoms with Crippen LogP contribution in [0.15, 0.2) is 47.5 Å². The van der Waals surface area contributed by atoms with Gasteiger partial charge in [-0.3, -0.25) is 9.98 Å². The second-order valence-corrected chi connectivity index (χ2v) is 5.44. The molecular weight excluding hydrogens is 296 g/mol. The van der Waals surface area contributed by atoms with Crippen LogP contribution in [0.5, 0.6) is 0 Å². The number of pyridine rings is 1. The monoisotopic (exact) mass is 316 g/mol. The molecular formula is C17H21ClN4. The molecule has 1 aromatic heterocycles. The zero-order valence-corrected chi connectivity index (χ0v) is 13.7. The van der Waals surface area contributed by atoms with Crippen molar-refractivity contribution in [2.45, 2.75) is 19.9 Å². The summed E-state index contributed by atoms with van der Waals surface area (Å²) in [5.74, 6) is 0.769. The molecule has 1 aromatic carbocycles. The van der Waals surface area contributed by atoms with Crippen LogP contribution < -0.4 is 10.6 Å². The van der Waals surface area contributed by atoms with Gasteiger partial charge in [0, 0.05) is 24.3 Å². The minimum Gasteiger partial charge on any atom is -0.356 e. The van der Waals surface area contributed by atoms with Crippen LogP contribution in [0, 0.1) is 6.92 Å². The second-order valence-electron chi connectivity index (χ2n) is 5.00. The molecule has 0 unspecified atom stereocenters. The van der Waals surface area contributed by atoms with E-state index in [1.54, 1.807) is 7.05 Å². The lowest BCUT2D eigenvalue weighted by Gasteiger charge is -2.12. The van der Waals surface area contributed by atoms with Crippen molar-refractivity contribution < 1.29 is 0 Å². The van der Waals surface area contributed by atoms with Gasteiger partial charge < -0.3 is 10.6 Å². The molecule has 0 bridgehead atoms. The van der Waals surface area contributed by atoms with Crippen LogP contribution in [-0.4, -0.2) is 24.5 Å². The average Bonchev–Trinajstić information content (AvgIpc) is 2.51. The third-order valence-corrected chi connectivity index (χ3v) is 3.44. The number of rotatable bonds is 5. The first-order valence-electron chi connectivity index (χ1n) is 7.29. The number of guanidine groups is 1. The van der Waals surface area contributed by atoms with E-state index in [2.05, 4.69) is 26.7 Å². The number of nitrogens with zero attached hydrogens (tertiary/aromatic N) is 2. The van der Waals surface area contributed by atoms with Gasteiger partial charge >= 0.3 is 0 Å². The number of hydrogen-bond acceptors (Lipinski definition) is 2. The summed E-state index contributed by atoms with van der Waals surface area (Å²) in [5.41, 5.74) is 3.22. The van der Waals surface area contributed by atoms with E-state index in [-0.39, 0.29) is 0 Å². The summed E-state index contributed by atoms with van der Waals surface area (Å²) in [4.78, 5) is 8.67. The van der Waals surface area contributed by atoms with Crippen LogP contribution in [0.1, 0.15) is 17.0 Å². The Balaban J connectivity index is 1.78. The molecule has 0 saturated heterocycles. The molecule has 2 rings (SSSR count). The molecule has 4 nitrogen and oxygen atoms in total. The van der Waals surface area contributed by atoms with Crippen LogP contribution in [0.2, 0.25) is 5.02 Å². The first-order chi connectivity index (χ1) is 10.7. The van der Waals surface area contributed by atoms with E-state index in [0.717, 1.165) is 35.3 Å². The Bertz CT molecular complexity index is 640. The molecule has 0 radical (unpaired) electrons. The van der Waals surface area contributed by atoms with E-state index in [1.165, 1.54) is 5.56 Å². The molecule has 2 aromatic rings. The number of halogens is 1. The molecule has 0 aliphatic heterocycles. The van der Waals surface area contributed by atoms with Gasteiger partial charge in [0.2, 0.25) is 0 Å². The van der Waals surface area contributed by atoms with E-state index < -0.39 is 0 Å². The van der Waals surface area contributed by atoms with Gasteiger partial charge in [-0.25, -0.2) is 0 Å². The minimum absolute atomic E-state index is 0.651. The maximum atomic E-state index is 5.98. The summed E-state index contributed by atoms with van der Waals surface area (Å²) in [6, 6.07) is 13.9. The second kappa shape index (κ2) is 8.39. The molecule has 116 valence electrons. The van der Waals surface area contributed by atoms with Gasteiger partial charge in [-0.2, -0.15) is 0 Å². The Kier molecular flexibility index (Phi) is 6.22. The molecule has 0 spiro atoms. The molecule has 1 heterocycles. The maximum absolute atomic E-state index is 5.98. The number of aryl methyl sites for hydroxylation is 1. The van der Waals surface area contributed by atoms with Gasteiger partial charge in [0.15, 0.2) is 5.96 Å². The zero-order chi connectivity index (χ0) is 15.8. The number of hydrogen-bond donors (Lipinski definition) is 2. The fourth-order valence-electron chi connectivity index (χ4n) is 2.11. The van der Waals surface area contributed by atoms with E-state index in [4.69, 9.17) is 11.6 Å². The summed E-state index contributed by atoms with van der Waals surface area (Å²) in [5, 5.41) is 7.32. The number of nitrogens with one attached hydrogen (secondary N) is 2. The Hall–Kier alpha value is -2.07. The van der Waals surface area contributed by atoms with Crippen LogP contribution >= 0.6 is 11.6 Å². The summed E-state index contributed by atoms with van der Waals surface area (Å²) >= 11 is 5.98. The predicted molar refractivity (Wildman–Crippen MR) is 92.3 cm³/mol. The summed E-state index contributed by atoms with van der Waals surface area (Å²) in [6.45, 7) is 3.43. The van der Waals surface area contributed by atoms with Crippen molar-refractivity contribution in [2.75, 3.05) is 13.6 Å². The maximum Gasteiger partial charge on any atom is 0.191 e. The molecule has 5 heteroatoms. The molecule has 0 aliphatic carbocycles. The van der Waals surface area contributed by atoms with Crippen LogP contribution in [-0.2, 0) is 13.0 Å². The van der Waals surface area contributed by atoms with Gasteiger partial charge in [0.25, 0.3) is 0 Å². The highest BCUT2D eigenvalue weighted by Gasteiger charge is 2.00. The van der Waals surface area contributed by atoms with Crippen molar-refractivity contribution in [3.05, 3.63) is 64.4 Å². The third kappa shape index (κ3) is 5.37. The zero-order valence-electron chi connectivity index (χ0n) is 12.9. The smallest absolute Gasteiger partial charge is 0.191 e. The van der Waals surface area contributed by atoms with Crippen molar-refractivity contribution >= 4 is 17.6 Å². The summed E-state index contributed by atoms with van der Waals surface area (Å²) < 4.78 is 0. The van der Waals surface area contributed by atoms with Gasteiger partial charge in [-0.05, 0) is 43.2 Å². The topological polar surface area (TPSA) is 49.3 Å². The molecule has 0 aliphatic rings. The number of aromatic nitrogens is 1. The van der Waals surface area contributed by atoms with Crippen molar-refractivity contribution in [1.82, 2.24) is 15.6 Å². The van der Waals surface area contributed by atoms with E-state index in [0.29, 0.717) is 6.54 Å². The van der Waals surface area contributed by atoms with Crippen LogP contribution in [0.25, 0.3) is 0 Å². The first-order valence-corrected chi connectivity index (χ1v) is 7.66. The highest BCUT2D eigenvalue weighted by atomic mass is 35.5. The first kappa shape index (κ1) is 16.3. The van der Waals surface area contributed by atoms with E-state index in [1.807, 2.05) is 43.3 Å². The predicted octanol–water partition coefficient (Wildman–Crippen LogP) is 2.95. The normalized spacial score (nSPS) is 11.3. The Morgan fingerprint density at radius 1 is 1.18 bits per heavy atom. The fourth-order valence-corrected chi connectivity index (χ4v) is 2.32. The SMILES string of the molecule is CN=C(NCCc1cccc(Cl)c1)NCc1cccc(C)n1. The van der Waals surface area contributed by atoms with Crippen LogP contribution in [0.3, 0.4) is 0 Å². The van der Waals surface area contributed by atoms with Gasteiger partial charge in [-0.15, -0.1) is 0 Å². The molecule has 2 N–H and O–H groups in total. The Morgan fingerprint density at radius 2 is 2.00 bits per heavy atom. The number of benzene rings is 1. The molecule has 22 heavy (non-hydrogen) atoms. The lowest BCUT2D eigenvalue weighted by molar-refractivity contribution is 0.781. The highest BCUT2D eigenvalue weighted by molar-refractivity contribution is 6.30. The van der Waals surface area contributed by atoms with Gasteiger partial charge in [0.05, 0.1) is 12.2 Å². The lowest BCUT2D eigenvalue weighted by atomic mass is 10.1. The van der Waals surface area contributed by atoms with Gasteiger partial charge in [-0.1, -0.05) is 29.8 Å². The molecule has 0 amide bonds. The van der Waals surface area contributed by atoms with Crippen molar-refractivity contribution in [1.29, 1.82) is 0 Å². The Labute approximate surface area is 136 Å². The summed E-state index contributed by atoms with van der Waals surface area (Å²) in [7, 11) is 1.76. The van der Waals surface area contributed by atoms with Crippen LogP contribution in [0.4, 0.5) is 0 Å². The minimum atomic E-state index is 0.651. The fraction of sp³-hybridized carbons (Fsp3) is 0.294.